The van der Waals surface area contributed by atoms with Crippen molar-refractivity contribution < 1.29 is 57.5 Å². The van der Waals surface area contributed by atoms with Crippen LogP contribution in [0.25, 0.3) is 5.69 Å². The SMILES string of the molecule is N#Cc1[nH]n(-c2cc(C(F)(F)F)c(C#N)c(C(F)(F)F)c2)c(=O)c1C(=O)c1cc(C(F)(F)F)c(C#N)c(C(F)(F)F)c1. The van der Waals surface area contributed by atoms with E-state index in [2.05, 4.69) is 0 Å². The molecule has 3 rings (SSSR count). The van der Waals surface area contributed by atoms with Gasteiger partial charge >= 0.3 is 24.7 Å². The van der Waals surface area contributed by atoms with Gasteiger partial charge in [-0.25, -0.2) is 4.68 Å². The van der Waals surface area contributed by atoms with Crippen molar-refractivity contribution in [1.82, 2.24) is 9.78 Å². The highest BCUT2D eigenvalue weighted by molar-refractivity contribution is 6.10. The minimum atomic E-state index is -5.66. The smallest absolute Gasteiger partial charge is 0.288 e. The van der Waals surface area contributed by atoms with E-state index in [1.165, 1.54) is 0 Å². The second-order valence-corrected chi connectivity index (χ2v) is 8.02. The van der Waals surface area contributed by atoms with Gasteiger partial charge in [0.2, 0.25) is 5.78 Å². The molecule has 1 aromatic heterocycles. The number of rotatable bonds is 3. The summed E-state index contributed by atoms with van der Waals surface area (Å²) in [6.45, 7) is 0. The maximum Gasteiger partial charge on any atom is 0.417 e. The first-order valence-corrected chi connectivity index (χ1v) is 10.3. The standard InChI is InChI=1S/C23H5F12N5O2/c24-20(25,26)12-1-8(2-13(10(12)5-36)21(27,28)29)18(41)17-16(7-38)39-40(19(17)42)9-3-14(22(30,31)32)11(6-37)15(4-9)23(33,34)35/h1-4,39H. The third kappa shape index (κ3) is 5.51. The Bertz CT molecular complexity index is 1730. The molecule has 0 bridgehead atoms. The maximum absolute atomic E-state index is 13.5. The molecular formula is C23H5F12N5O2. The zero-order chi connectivity index (χ0) is 32.2. The Kier molecular flexibility index (Phi) is 7.44. The van der Waals surface area contributed by atoms with Crippen molar-refractivity contribution in [3.05, 3.63) is 84.8 Å². The van der Waals surface area contributed by atoms with Crippen molar-refractivity contribution in [2.75, 3.05) is 0 Å². The molecule has 7 nitrogen and oxygen atoms in total. The number of nitriles is 3. The van der Waals surface area contributed by atoms with Gasteiger partial charge in [-0.2, -0.15) is 68.5 Å². The molecule has 0 fully saturated rings. The van der Waals surface area contributed by atoms with Crippen molar-refractivity contribution in [1.29, 1.82) is 15.8 Å². The number of ketones is 1. The van der Waals surface area contributed by atoms with Crippen molar-refractivity contribution >= 4 is 5.78 Å². The molecule has 42 heavy (non-hydrogen) atoms. The second kappa shape index (κ2) is 9.99. The summed E-state index contributed by atoms with van der Waals surface area (Å²) in [5, 5.41) is 28.8. The summed E-state index contributed by atoms with van der Waals surface area (Å²) < 4.78 is 162. The monoisotopic (exact) mass is 611 g/mol. The van der Waals surface area contributed by atoms with E-state index < -0.39 is 91.9 Å². The lowest BCUT2D eigenvalue weighted by Crippen LogP contribution is -2.24. The quantitative estimate of drug-likeness (QED) is 0.284. The molecule has 0 atom stereocenters. The molecule has 0 spiro atoms. The topological polar surface area (TPSA) is 126 Å². The average Bonchev–Trinajstić information content (AvgIpc) is 3.20. The largest absolute Gasteiger partial charge is 0.417 e. The molecule has 3 aromatic rings. The van der Waals surface area contributed by atoms with Crippen LogP contribution in [0.15, 0.2) is 29.1 Å². The molecule has 0 saturated carbocycles. The van der Waals surface area contributed by atoms with Crippen LogP contribution >= 0.6 is 0 Å². The summed E-state index contributed by atoms with van der Waals surface area (Å²) in [4.78, 5) is 26.0. The van der Waals surface area contributed by atoms with E-state index in [4.69, 9.17) is 10.5 Å². The number of alkyl halides is 12. The highest BCUT2D eigenvalue weighted by Gasteiger charge is 2.44. The molecule has 1 heterocycles. The highest BCUT2D eigenvalue weighted by Crippen LogP contribution is 2.42. The number of benzene rings is 2. The minimum absolute atomic E-state index is 0.146. The third-order valence-corrected chi connectivity index (χ3v) is 5.46. The van der Waals surface area contributed by atoms with Crippen LogP contribution in [0.2, 0.25) is 0 Å². The van der Waals surface area contributed by atoms with Gasteiger partial charge in [-0.1, -0.05) is 0 Å². The van der Waals surface area contributed by atoms with E-state index >= 15 is 0 Å². The molecular weight excluding hydrogens is 606 g/mol. The summed E-state index contributed by atoms with van der Waals surface area (Å²) in [5.74, 6) is -2.03. The Balaban J connectivity index is 2.40. The van der Waals surface area contributed by atoms with E-state index in [9.17, 15) is 67.5 Å². The number of aromatic amines is 1. The fourth-order valence-corrected chi connectivity index (χ4v) is 3.72. The van der Waals surface area contributed by atoms with E-state index in [1.54, 1.807) is 5.10 Å². The van der Waals surface area contributed by atoms with Gasteiger partial charge in [-0.15, -0.1) is 0 Å². The summed E-state index contributed by atoms with van der Waals surface area (Å²) >= 11 is 0. The predicted molar refractivity (Wildman–Crippen MR) is 110 cm³/mol. The predicted octanol–water partition coefficient (Wildman–Crippen LogP) is 6.09. The molecule has 218 valence electrons. The summed E-state index contributed by atoms with van der Waals surface area (Å²) in [6, 6.07) is 1.75. The van der Waals surface area contributed by atoms with Crippen LogP contribution in [0.1, 0.15) is 55.0 Å². The van der Waals surface area contributed by atoms with Gasteiger partial charge in [-0.05, 0) is 24.3 Å². The maximum atomic E-state index is 13.5. The van der Waals surface area contributed by atoms with Crippen molar-refractivity contribution in [2.24, 2.45) is 0 Å². The van der Waals surface area contributed by atoms with Crippen molar-refractivity contribution in [3.63, 3.8) is 0 Å². The number of aromatic nitrogens is 2. The molecule has 0 radical (unpaired) electrons. The first-order valence-electron chi connectivity index (χ1n) is 10.3. The fourth-order valence-electron chi connectivity index (χ4n) is 3.72. The Morgan fingerprint density at radius 2 is 1.00 bits per heavy atom. The Labute approximate surface area is 223 Å². The normalized spacial score (nSPS) is 12.4. The second-order valence-electron chi connectivity index (χ2n) is 8.02. The number of nitrogens with zero attached hydrogens (tertiary/aromatic N) is 4. The van der Waals surface area contributed by atoms with Crippen LogP contribution in [0.5, 0.6) is 0 Å². The number of halogens is 12. The number of hydrogen-bond donors (Lipinski definition) is 1. The van der Waals surface area contributed by atoms with E-state index in [-0.39, 0.29) is 28.9 Å². The van der Waals surface area contributed by atoms with Crippen LogP contribution in [-0.4, -0.2) is 15.6 Å². The number of nitrogens with one attached hydrogen (secondary N) is 1. The minimum Gasteiger partial charge on any atom is -0.288 e. The van der Waals surface area contributed by atoms with E-state index in [0.717, 1.165) is 12.1 Å². The number of H-pyrrole nitrogens is 1. The third-order valence-electron chi connectivity index (χ3n) is 5.46. The molecule has 0 aliphatic rings. The average molecular weight is 611 g/mol. The Hall–Kier alpha value is -5.25. The first kappa shape index (κ1) is 31.3. The Morgan fingerprint density at radius 3 is 1.31 bits per heavy atom. The summed E-state index contributed by atoms with van der Waals surface area (Å²) in [6.07, 6.45) is -22.6. The van der Waals surface area contributed by atoms with E-state index in [1.807, 2.05) is 0 Å². The fraction of sp³-hybridized carbons (Fsp3) is 0.174. The zero-order valence-electron chi connectivity index (χ0n) is 19.5. The summed E-state index contributed by atoms with van der Waals surface area (Å²) in [7, 11) is 0. The van der Waals surface area contributed by atoms with Gasteiger partial charge in [0.1, 0.15) is 29.5 Å². The van der Waals surface area contributed by atoms with Gasteiger partial charge < -0.3 is 0 Å². The van der Waals surface area contributed by atoms with Gasteiger partial charge in [0.05, 0.1) is 39.1 Å². The molecule has 2 aromatic carbocycles. The number of carbonyl (C=O) groups is 1. The Morgan fingerprint density at radius 1 is 0.643 bits per heavy atom. The molecule has 0 aliphatic heterocycles. The van der Waals surface area contributed by atoms with Gasteiger partial charge in [0.15, 0.2) is 0 Å². The number of carbonyl (C=O) groups excluding carboxylic acids is 1. The number of hydrogen-bond acceptors (Lipinski definition) is 5. The zero-order valence-corrected chi connectivity index (χ0v) is 19.5. The van der Waals surface area contributed by atoms with Gasteiger partial charge in [0, 0.05) is 5.56 Å². The molecule has 0 unspecified atom stereocenters. The van der Waals surface area contributed by atoms with Crippen LogP contribution < -0.4 is 5.56 Å². The van der Waals surface area contributed by atoms with Gasteiger partial charge in [-0.3, -0.25) is 14.7 Å². The molecule has 0 saturated heterocycles. The lowest BCUT2D eigenvalue weighted by molar-refractivity contribution is -0.145. The lowest BCUT2D eigenvalue weighted by atomic mass is 9.93. The lowest BCUT2D eigenvalue weighted by Gasteiger charge is -2.17. The molecule has 19 heteroatoms. The van der Waals surface area contributed by atoms with Gasteiger partial charge in [0.25, 0.3) is 5.56 Å². The molecule has 0 amide bonds. The van der Waals surface area contributed by atoms with Crippen LogP contribution in [0, 0.1) is 34.0 Å². The summed E-state index contributed by atoms with van der Waals surface area (Å²) in [5.41, 5.74) is -20.5. The van der Waals surface area contributed by atoms with Crippen LogP contribution in [0.4, 0.5) is 52.7 Å². The van der Waals surface area contributed by atoms with Crippen LogP contribution in [-0.2, 0) is 24.7 Å². The molecule has 1 N–H and O–H groups in total. The van der Waals surface area contributed by atoms with Crippen LogP contribution in [0.3, 0.4) is 0 Å². The van der Waals surface area contributed by atoms with Crippen molar-refractivity contribution in [2.45, 2.75) is 24.7 Å². The van der Waals surface area contributed by atoms with Crippen molar-refractivity contribution in [3.8, 4) is 23.9 Å². The first-order chi connectivity index (χ1) is 19.1. The molecule has 0 aliphatic carbocycles. The van der Waals surface area contributed by atoms with E-state index in [0.29, 0.717) is 6.07 Å². The highest BCUT2D eigenvalue weighted by atomic mass is 19.4.